The van der Waals surface area contributed by atoms with E-state index in [0.717, 1.165) is 5.56 Å². The number of nitrogen functional groups attached to an aromatic ring is 1. The molecule has 150 valence electrons. The number of anilines is 1. The average Bonchev–Trinajstić information content (AvgIpc) is 3.33. The molecule has 0 spiro atoms. The third kappa shape index (κ3) is 2.64. The van der Waals surface area contributed by atoms with Crippen LogP contribution in [0.1, 0.15) is 24.3 Å². The minimum absolute atomic E-state index is 0.143. The maximum Gasteiger partial charge on any atom is 0.277 e. The Kier molecular flexibility index (Phi) is 4.17. The minimum atomic E-state index is -0.570. The number of nitrogens with one attached hydrogen (secondary N) is 2. The quantitative estimate of drug-likeness (QED) is 0.545. The summed E-state index contributed by atoms with van der Waals surface area (Å²) < 4.78 is 5.81. The van der Waals surface area contributed by atoms with Gasteiger partial charge in [-0.3, -0.25) is 4.79 Å². The molecule has 30 heavy (non-hydrogen) atoms. The van der Waals surface area contributed by atoms with Crippen molar-refractivity contribution in [2.24, 2.45) is 0 Å². The molecule has 3 unspecified atom stereocenters. The molecule has 3 heterocycles. The number of aromatic nitrogens is 1. The Bertz CT molecular complexity index is 1250. The number of carbonyl (C=O) groups excluding carboxylic acids is 1. The molecule has 2 aliphatic heterocycles. The van der Waals surface area contributed by atoms with Gasteiger partial charge in [0.2, 0.25) is 5.89 Å². The first kappa shape index (κ1) is 18.5. The summed E-state index contributed by atoms with van der Waals surface area (Å²) in [6, 6.07) is 14.7. The van der Waals surface area contributed by atoms with Gasteiger partial charge in [0.05, 0.1) is 17.7 Å². The molecule has 0 radical (unpaired) electrons. The maximum absolute atomic E-state index is 13.4. The van der Waals surface area contributed by atoms with E-state index in [-0.39, 0.29) is 28.3 Å². The largest absolute Gasteiger partial charge is 0.434 e. The zero-order chi connectivity index (χ0) is 21.0. The van der Waals surface area contributed by atoms with Crippen LogP contribution in [0.2, 0.25) is 5.02 Å². The van der Waals surface area contributed by atoms with Gasteiger partial charge in [0, 0.05) is 5.70 Å². The van der Waals surface area contributed by atoms with Crippen molar-refractivity contribution in [3.63, 3.8) is 0 Å². The smallest absolute Gasteiger partial charge is 0.277 e. The van der Waals surface area contributed by atoms with Crippen LogP contribution in [0.4, 0.5) is 5.69 Å². The summed E-state index contributed by atoms with van der Waals surface area (Å²) in [6.07, 6.45) is -0.420. The molecule has 5 rings (SSSR count). The highest BCUT2D eigenvalue weighted by Gasteiger charge is 2.49. The molecule has 4 N–H and O–H groups in total. The number of nitriles is 1. The van der Waals surface area contributed by atoms with E-state index in [1.54, 1.807) is 19.1 Å². The SMILES string of the molecule is CC1=C(c2nc3ccc(N)c(Cl)c3o2)C(=O)N2NC(C#N)C(c3ccccc3)C2N1. The van der Waals surface area contributed by atoms with Crippen molar-refractivity contribution in [3.05, 3.63) is 64.6 Å². The molecule has 1 amide bonds. The third-order valence-electron chi connectivity index (χ3n) is 5.49. The lowest BCUT2D eigenvalue weighted by atomic mass is 9.90. The van der Waals surface area contributed by atoms with Crippen LogP contribution in [0.5, 0.6) is 0 Å². The van der Waals surface area contributed by atoms with Crippen LogP contribution in [-0.2, 0) is 4.79 Å². The second kappa shape index (κ2) is 6.76. The highest BCUT2D eigenvalue weighted by atomic mass is 35.5. The predicted molar refractivity (Wildman–Crippen MR) is 112 cm³/mol. The van der Waals surface area contributed by atoms with Gasteiger partial charge < -0.3 is 15.5 Å². The Balaban J connectivity index is 1.58. The molecule has 3 aromatic rings. The summed E-state index contributed by atoms with van der Waals surface area (Å²) in [5.41, 5.74) is 11.9. The monoisotopic (exact) mass is 420 g/mol. The second-order valence-corrected chi connectivity index (χ2v) is 7.65. The van der Waals surface area contributed by atoms with Gasteiger partial charge in [-0.05, 0) is 24.6 Å². The molecule has 2 aromatic carbocycles. The lowest BCUT2D eigenvalue weighted by Crippen LogP contribution is -2.54. The first-order valence-corrected chi connectivity index (χ1v) is 9.74. The summed E-state index contributed by atoms with van der Waals surface area (Å²) in [4.78, 5) is 17.8. The third-order valence-corrected chi connectivity index (χ3v) is 5.88. The summed E-state index contributed by atoms with van der Waals surface area (Å²) in [7, 11) is 0. The first-order valence-electron chi connectivity index (χ1n) is 9.36. The average molecular weight is 421 g/mol. The second-order valence-electron chi connectivity index (χ2n) is 7.27. The Hall–Kier alpha value is -3.54. The molecule has 9 heteroatoms. The van der Waals surface area contributed by atoms with Crippen LogP contribution in [0.3, 0.4) is 0 Å². The molecule has 8 nitrogen and oxygen atoms in total. The molecule has 0 saturated carbocycles. The summed E-state index contributed by atoms with van der Waals surface area (Å²) in [5, 5.41) is 14.7. The first-order chi connectivity index (χ1) is 14.5. The van der Waals surface area contributed by atoms with Crippen LogP contribution in [0, 0.1) is 11.3 Å². The fraction of sp³-hybridized carbons (Fsp3) is 0.190. The molecule has 1 saturated heterocycles. The lowest BCUT2D eigenvalue weighted by molar-refractivity contribution is -0.130. The van der Waals surface area contributed by atoms with Gasteiger partial charge >= 0.3 is 0 Å². The molecular weight excluding hydrogens is 404 g/mol. The number of hydrogen-bond donors (Lipinski definition) is 3. The normalized spacial score (nSPS) is 23.4. The number of allylic oxidation sites excluding steroid dienone is 1. The number of hydrogen-bond acceptors (Lipinski definition) is 7. The zero-order valence-electron chi connectivity index (χ0n) is 15.9. The van der Waals surface area contributed by atoms with Gasteiger partial charge in [-0.2, -0.15) is 5.26 Å². The Morgan fingerprint density at radius 1 is 1.27 bits per heavy atom. The van der Waals surface area contributed by atoms with Crippen molar-refractivity contribution in [3.8, 4) is 6.07 Å². The van der Waals surface area contributed by atoms with Crippen LogP contribution >= 0.6 is 11.6 Å². The van der Waals surface area contributed by atoms with E-state index in [1.807, 2.05) is 30.3 Å². The van der Waals surface area contributed by atoms with Crippen molar-refractivity contribution in [2.45, 2.75) is 25.0 Å². The zero-order valence-corrected chi connectivity index (χ0v) is 16.6. The molecular formula is C21H17ClN6O2. The van der Waals surface area contributed by atoms with Gasteiger partial charge in [-0.1, -0.05) is 41.9 Å². The fourth-order valence-corrected chi connectivity index (χ4v) is 4.26. The standard InChI is InChI=1S/C21H17ClN6O2/c1-10-15(20-26-13-8-7-12(24)17(22)18(13)30-20)21(29)28-19(25-10)16(14(9-23)27-28)11-5-3-2-4-6-11/h2-8,14,16,19,25,27H,24H2,1H3. The van der Waals surface area contributed by atoms with E-state index in [0.29, 0.717) is 22.5 Å². The number of rotatable bonds is 2. The number of hydrazine groups is 1. The van der Waals surface area contributed by atoms with E-state index >= 15 is 0 Å². The molecule has 2 aliphatic rings. The summed E-state index contributed by atoms with van der Waals surface area (Å²) in [5.74, 6) is -0.426. The Morgan fingerprint density at radius 3 is 2.77 bits per heavy atom. The van der Waals surface area contributed by atoms with Gasteiger partial charge in [-0.25, -0.2) is 15.4 Å². The number of amides is 1. The minimum Gasteiger partial charge on any atom is -0.434 e. The van der Waals surface area contributed by atoms with Crippen LogP contribution in [0.15, 0.2) is 52.6 Å². The highest BCUT2D eigenvalue weighted by molar-refractivity contribution is 6.37. The maximum atomic E-state index is 13.4. The van der Waals surface area contributed by atoms with E-state index in [9.17, 15) is 10.1 Å². The summed E-state index contributed by atoms with van der Waals surface area (Å²) in [6.45, 7) is 1.79. The number of carbonyl (C=O) groups is 1. The fourth-order valence-electron chi connectivity index (χ4n) is 4.06. The number of fused-ring (bicyclic) bond motifs is 2. The van der Waals surface area contributed by atoms with Crippen LogP contribution < -0.4 is 16.5 Å². The molecule has 0 bridgehead atoms. The van der Waals surface area contributed by atoms with Crippen LogP contribution in [0.25, 0.3) is 16.7 Å². The molecule has 1 fully saturated rings. The Morgan fingerprint density at radius 2 is 2.03 bits per heavy atom. The van der Waals surface area contributed by atoms with Crippen molar-refractivity contribution >= 4 is 39.9 Å². The number of halogens is 1. The molecule has 3 atom stereocenters. The highest BCUT2D eigenvalue weighted by Crippen LogP contribution is 2.38. The number of oxazole rings is 1. The van der Waals surface area contributed by atoms with Gasteiger partial charge in [-0.15, -0.1) is 0 Å². The Labute approximate surface area is 176 Å². The van der Waals surface area contributed by atoms with Gasteiger partial charge in [0.15, 0.2) is 5.58 Å². The van der Waals surface area contributed by atoms with Crippen LogP contribution in [-0.4, -0.2) is 28.1 Å². The predicted octanol–water partition coefficient (Wildman–Crippen LogP) is 2.75. The van der Waals surface area contributed by atoms with E-state index in [2.05, 4.69) is 21.8 Å². The van der Waals surface area contributed by atoms with Crippen molar-refractivity contribution < 1.29 is 9.21 Å². The lowest BCUT2D eigenvalue weighted by Gasteiger charge is -2.34. The van der Waals surface area contributed by atoms with E-state index in [4.69, 9.17) is 21.8 Å². The van der Waals surface area contributed by atoms with Crippen molar-refractivity contribution in [1.29, 1.82) is 5.26 Å². The molecule has 1 aromatic heterocycles. The summed E-state index contributed by atoms with van der Waals surface area (Å²) >= 11 is 6.23. The topological polar surface area (TPSA) is 120 Å². The number of nitrogens with zero attached hydrogens (tertiary/aromatic N) is 3. The number of nitrogens with two attached hydrogens (primary N) is 1. The van der Waals surface area contributed by atoms with Gasteiger partial charge in [0.25, 0.3) is 5.91 Å². The van der Waals surface area contributed by atoms with E-state index < -0.39 is 12.2 Å². The number of benzene rings is 2. The van der Waals surface area contributed by atoms with E-state index in [1.165, 1.54) is 5.01 Å². The molecule has 0 aliphatic carbocycles. The van der Waals surface area contributed by atoms with Gasteiger partial charge in [0.1, 0.15) is 28.3 Å². The van der Waals surface area contributed by atoms with Crippen molar-refractivity contribution in [1.82, 2.24) is 20.7 Å². The van der Waals surface area contributed by atoms with Crippen molar-refractivity contribution in [2.75, 3.05) is 5.73 Å².